The van der Waals surface area contributed by atoms with E-state index in [0.717, 1.165) is 54.6 Å². The molecule has 3 aromatic rings. The van der Waals surface area contributed by atoms with Crippen LogP contribution in [0.3, 0.4) is 0 Å². The van der Waals surface area contributed by atoms with Gasteiger partial charge in [0.25, 0.3) is 10.0 Å². The molecule has 1 aliphatic rings. The highest BCUT2D eigenvalue weighted by Crippen LogP contribution is 2.32. The van der Waals surface area contributed by atoms with E-state index in [0.29, 0.717) is 0 Å². The lowest BCUT2D eigenvalue weighted by molar-refractivity contribution is 0.172. The molecular weight excluding hydrogens is 486 g/mol. The number of carbonyl (C=O) groups is 1. The van der Waals surface area contributed by atoms with Crippen LogP contribution in [0.25, 0.3) is 0 Å². The molecule has 1 amide bonds. The van der Waals surface area contributed by atoms with E-state index in [4.69, 9.17) is 0 Å². The molecule has 2 N–H and O–H groups in total. The highest BCUT2D eigenvalue weighted by Gasteiger charge is 2.37. The molecule has 0 aliphatic carbocycles. The minimum atomic E-state index is -4.98. The summed E-state index contributed by atoms with van der Waals surface area (Å²) in [5.74, 6) is -3.48. The van der Waals surface area contributed by atoms with E-state index < -0.39 is 38.5 Å². The molecule has 0 radical (unpaired) electrons. The lowest BCUT2D eigenvalue weighted by Crippen LogP contribution is -2.37. The van der Waals surface area contributed by atoms with Gasteiger partial charge >= 0.3 is 6.09 Å². The number of hydrogen-bond acceptors (Lipinski definition) is 7. The monoisotopic (exact) mass is 508 g/mol. The number of halogens is 2. The Morgan fingerprint density at radius 3 is 2.53 bits per heavy atom. The van der Waals surface area contributed by atoms with E-state index in [1.54, 1.807) is 0 Å². The molecule has 12 heteroatoms. The van der Waals surface area contributed by atoms with Gasteiger partial charge in [-0.05, 0) is 49.2 Å². The Hall–Kier alpha value is -3.09. The van der Waals surface area contributed by atoms with Gasteiger partial charge in [-0.2, -0.15) is 0 Å². The van der Waals surface area contributed by atoms with Crippen LogP contribution in [0.2, 0.25) is 0 Å². The number of likely N-dealkylation sites (tertiary alicyclic amines) is 1. The maximum atomic E-state index is 15.1. The number of nitrogens with one attached hydrogen (secondary N) is 1. The van der Waals surface area contributed by atoms with Crippen LogP contribution in [0.1, 0.15) is 23.1 Å². The van der Waals surface area contributed by atoms with Crippen molar-refractivity contribution in [1.29, 1.82) is 0 Å². The highest BCUT2D eigenvalue weighted by atomic mass is 32.2. The Balaban J connectivity index is 1.63. The lowest BCUT2D eigenvalue weighted by atomic mass is 10.0. The van der Waals surface area contributed by atoms with Gasteiger partial charge in [0.1, 0.15) is 4.90 Å². The number of benzene rings is 2. The summed E-state index contributed by atoms with van der Waals surface area (Å²) in [6.07, 6.45) is -0.729. The fraction of sp³-hybridized carbons (Fsp3) is 0.273. The van der Waals surface area contributed by atoms with E-state index >= 15 is 4.39 Å². The van der Waals surface area contributed by atoms with Crippen LogP contribution in [0, 0.1) is 18.6 Å². The van der Waals surface area contributed by atoms with Gasteiger partial charge in [-0.3, -0.25) is 4.90 Å². The third-order valence-electron chi connectivity index (χ3n) is 5.58. The van der Waals surface area contributed by atoms with Gasteiger partial charge in [0.05, 0.1) is 11.2 Å². The summed E-state index contributed by atoms with van der Waals surface area (Å²) in [4.78, 5) is 16.6. The molecule has 0 unspecified atom stereocenters. The summed E-state index contributed by atoms with van der Waals surface area (Å²) in [5, 5.41) is 13.5. The molecule has 1 saturated heterocycles. The zero-order chi connectivity index (χ0) is 24.5. The van der Waals surface area contributed by atoms with Crippen molar-refractivity contribution >= 4 is 39.0 Å². The van der Waals surface area contributed by atoms with E-state index in [-0.39, 0.29) is 22.1 Å². The lowest BCUT2D eigenvalue weighted by Gasteiger charge is -2.31. The Labute approximate surface area is 199 Å². The fourth-order valence-corrected chi connectivity index (χ4v) is 5.86. The molecule has 0 saturated carbocycles. The Morgan fingerprint density at radius 2 is 1.94 bits per heavy atom. The van der Waals surface area contributed by atoms with Crippen molar-refractivity contribution in [3.8, 4) is 0 Å². The number of aryl methyl sites for hydroxylation is 1. The second kappa shape index (κ2) is 9.65. The van der Waals surface area contributed by atoms with E-state index in [1.165, 1.54) is 17.8 Å². The van der Waals surface area contributed by atoms with Crippen molar-refractivity contribution < 1.29 is 27.1 Å². The molecule has 0 bridgehead atoms. The average molecular weight is 509 g/mol. The molecule has 0 atom stereocenters. The van der Waals surface area contributed by atoms with Gasteiger partial charge in [-0.15, -0.1) is 15.6 Å². The second-order valence-corrected chi connectivity index (χ2v) is 10.3. The van der Waals surface area contributed by atoms with Crippen molar-refractivity contribution in [1.82, 2.24) is 9.88 Å². The second-order valence-electron chi connectivity index (χ2n) is 7.85. The van der Waals surface area contributed by atoms with Crippen molar-refractivity contribution in [2.75, 3.05) is 22.7 Å². The third kappa shape index (κ3) is 4.61. The Kier molecular flexibility index (Phi) is 6.82. The predicted octanol–water partition coefficient (Wildman–Crippen LogP) is 4.42. The first kappa shape index (κ1) is 24.0. The fourth-order valence-electron chi connectivity index (χ4n) is 3.76. The molecule has 34 heavy (non-hydrogen) atoms. The average Bonchev–Trinajstić information content (AvgIpc) is 3.26. The summed E-state index contributed by atoms with van der Waals surface area (Å²) >= 11 is 0.963. The van der Waals surface area contributed by atoms with Gasteiger partial charge < -0.3 is 10.4 Å². The zero-order valence-electron chi connectivity index (χ0n) is 18.2. The van der Waals surface area contributed by atoms with Crippen molar-refractivity contribution in [2.45, 2.75) is 31.3 Å². The summed E-state index contributed by atoms with van der Waals surface area (Å²) < 4.78 is 56.0. The first-order valence-corrected chi connectivity index (χ1v) is 12.8. The molecule has 1 aromatic heterocycles. The number of anilines is 2. The number of nitrogens with zero attached hydrogens (tertiary/aromatic N) is 3. The number of rotatable bonds is 8. The Bertz CT molecular complexity index is 1310. The molecule has 8 nitrogen and oxygen atoms in total. The number of amides is 1. The Morgan fingerprint density at radius 1 is 1.24 bits per heavy atom. The maximum Gasteiger partial charge on any atom is 0.427 e. The highest BCUT2D eigenvalue weighted by molar-refractivity contribution is 7.93. The van der Waals surface area contributed by atoms with Gasteiger partial charge in [-0.25, -0.2) is 27.0 Å². The van der Waals surface area contributed by atoms with Crippen LogP contribution in [0.4, 0.5) is 25.1 Å². The summed E-state index contributed by atoms with van der Waals surface area (Å²) in [6, 6.07) is 8.80. The molecule has 1 fully saturated rings. The third-order valence-corrected chi connectivity index (χ3v) is 7.99. The summed E-state index contributed by atoms with van der Waals surface area (Å²) in [7, 11) is -4.98. The minimum Gasteiger partial charge on any atom is -0.464 e. The number of carboxylic acid groups (broad SMARTS) is 1. The maximum absolute atomic E-state index is 15.1. The predicted molar refractivity (Wildman–Crippen MR) is 125 cm³/mol. The molecule has 4 rings (SSSR count). The smallest absolute Gasteiger partial charge is 0.427 e. The molecular formula is C22H22F2N4O4S2. The minimum absolute atomic E-state index is 0.0620. The van der Waals surface area contributed by atoms with Crippen LogP contribution in [-0.4, -0.2) is 42.6 Å². The number of hydrogen-bond donors (Lipinski definition) is 2. The quantitative estimate of drug-likeness (QED) is 0.464. The first-order chi connectivity index (χ1) is 16.2. The van der Waals surface area contributed by atoms with Gasteiger partial charge in [0.2, 0.25) is 0 Å². The largest absolute Gasteiger partial charge is 0.464 e. The number of aromatic nitrogens is 1. The van der Waals surface area contributed by atoms with E-state index in [1.807, 2.05) is 24.3 Å². The summed E-state index contributed by atoms with van der Waals surface area (Å²) in [6.45, 7) is 4.27. The van der Waals surface area contributed by atoms with Gasteiger partial charge in [0, 0.05) is 18.5 Å². The SMILES string of the molecule is Cc1cc(NCc2ccccc2CN2CCC2)c(F)c(F)c1S(=O)(=O)N(C(=O)O)c1cscn1. The van der Waals surface area contributed by atoms with Gasteiger partial charge in [-0.1, -0.05) is 24.3 Å². The van der Waals surface area contributed by atoms with Gasteiger partial charge in [0.15, 0.2) is 17.5 Å². The molecule has 2 aromatic carbocycles. The first-order valence-electron chi connectivity index (χ1n) is 10.4. The summed E-state index contributed by atoms with van der Waals surface area (Å²) in [5.41, 5.74) is 2.84. The van der Waals surface area contributed by atoms with Crippen molar-refractivity contribution in [3.05, 3.63) is 69.5 Å². The standard InChI is InChI=1S/C22H22F2N4O4S2/c1-14-9-17(25-10-15-5-2-3-6-16(15)11-27-7-4-8-27)19(23)20(24)21(14)34(31,32)28(22(29)30)18-12-33-13-26-18/h2-3,5-6,9,12-13,25H,4,7-8,10-11H2,1H3,(H,29,30). The zero-order valence-corrected chi connectivity index (χ0v) is 19.8. The molecule has 180 valence electrons. The number of thiazole rings is 1. The van der Waals surface area contributed by atoms with Crippen LogP contribution < -0.4 is 9.62 Å². The number of sulfonamides is 1. The van der Waals surface area contributed by atoms with E-state index in [9.17, 15) is 22.7 Å². The van der Waals surface area contributed by atoms with Crippen LogP contribution in [0.5, 0.6) is 0 Å². The van der Waals surface area contributed by atoms with Crippen LogP contribution in [0.15, 0.2) is 46.1 Å². The van der Waals surface area contributed by atoms with E-state index in [2.05, 4.69) is 15.2 Å². The topological polar surface area (TPSA) is 103 Å². The van der Waals surface area contributed by atoms with Crippen molar-refractivity contribution in [3.63, 3.8) is 0 Å². The normalized spacial score (nSPS) is 14.0. The molecule has 0 spiro atoms. The van der Waals surface area contributed by atoms with Crippen molar-refractivity contribution in [2.24, 2.45) is 0 Å². The molecule has 2 heterocycles. The van der Waals surface area contributed by atoms with Crippen LogP contribution >= 0.6 is 11.3 Å². The molecule has 1 aliphatic heterocycles. The van der Waals surface area contributed by atoms with Crippen LogP contribution in [-0.2, 0) is 23.1 Å².